The van der Waals surface area contributed by atoms with Crippen molar-refractivity contribution in [3.63, 3.8) is 0 Å². The molecule has 1 atom stereocenters. The van der Waals surface area contributed by atoms with Gasteiger partial charge in [0.2, 0.25) is 0 Å². The Morgan fingerprint density at radius 3 is 2.91 bits per heavy atom. The van der Waals surface area contributed by atoms with Gasteiger partial charge in [-0.15, -0.1) is 0 Å². The van der Waals surface area contributed by atoms with Crippen LogP contribution in [-0.4, -0.2) is 18.7 Å². The Kier molecular flexibility index (Phi) is 2.65. The van der Waals surface area contributed by atoms with Crippen LogP contribution in [0.25, 0.3) is 0 Å². The lowest BCUT2D eigenvalue weighted by Gasteiger charge is -1.99. The van der Waals surface area contributed by atoms with E-state index in [0.717, 1.165) is 19.4 Å². The Morgan fingerprint density at radius 2 is 2.45 bits per heavy atom. The van der Waals surface area contributed by atoms with Crippen LogP contribution in [-0.2, 0) is 9.53 Å². The van der Waals surface area contributed by atoms with Gasteiger partial charge in [0.15, 0.2) is 0 Å². The minimum absolute atomic E-state index is 0.311. The smallest absolute Gasteiger partial charge is 0.0812 e. The molecule has 3 heteroatoms. The molecule has 0 aliphatic carbocycles. The lowest BCUT2D eigenvalue weighted by Crippen LogP contribution is -2.22. The number of epoxide rings is 1. The van der Waals surface area contributed by atoms with Crippen molar-refractivity contribution in [1.82, 2.24) is 0 Å². The van der Waals surface area contributed by atoms with E-state index in [0.29, 0.717) is 11.7 Å². The van der Waals surface area contributed by atoms with E-state index in [1.54, 1.807) is 13.0 Å². The molecule has 0 aromatic rings. The molecule has 1 fully saturated rings. The van der Waals surface area contributed by atoms with Crippen molar-refractivity contribution in [1.29, 1.82) is 0 Å². The molecule has 0 spiro atoms. The first-order chi connectivity index (χ1) is 5.20. The Labute approximate surface area is 65.7 Å². The first kappa shape index (κ1) is 8.27. The van der Waals surface area contributed by atoms with Gasteiger partial charge in [0.1, 0.15) is 0 Å². The molecule has 3 nitrogen and oxygen atoms in total. The Morgan fingerprint density at radius 1 is 1.82 bits per heavy atom. The van der Waals surface area contributed by atoms with Gasteiger partial charge < -0.3 is 14.6 Å². The molecule has 0 radical (unpaired) electrons. The average Bonchev–Trinajstić information content (AvgIpc) is 2.71. The Balaban J connectivity index is 2.15. The van der Waals surface area contributed by atoms with E-state index < -0.39 is 5.97 Å². The maximum atomic E-state index is 10.2. The number of carboxylic acids is 1. The van der Waals surface area contributed by atoms with Gasteiger partial charge in [0.05, 0.1) is 18.7 Å². The molecule has 1 rings (SSSR count). The molecule has 62 valence electrons. The molecule has 0 N–H and O–H groups in total. The van der Waals surface area contributed by atoms with Gasteiger partial charge in [0.25, 0.3) is 0 Å². The summed E-state index contributed by atoms with van der Waals surface area (Å²) in [5.41, 5.74) is 0.311. The van der Waals surface area contributed by atoms with Gasteiger partial charge in [0, 0.05) is 0 Å². The van der Waals surface area contributed by atoms with Crippen LogP contribution >= 0.6 is 0 Å². The minimum atomic E-state index is -1.08. The van der Waals surface area contributed by atoms with Gasteiger partial charge in [-0.3, -0.25) is 0 Å². The lowest BCUT2D eigenvalue weighted by molar-refractivity contribution is -0.299. The molecular weight excluding hydrogens is 144 g/mol. The highest BCUT2D eigenvalue weighted by molar-refractivity contribution is 5.83. The van der Waals surface area contributed by atoms with Gasteiger partial charge in [-0.25, -0.2) is 0 Å². The highest BCUT2D eigenvalue weighted by atomic mass is 16.6. The first-order valence-electron chi connectivity index (χ1n) is 3.70. The van der Waals surface area contributed by atoms with Crippen LogP contribution < -0.4 is 5.11 Å². The molecule has 0 saturated carbocycles. The van der Waals surface area contributed by atoms with Gasteiger partial charge >= 0.3 is 0 Å². The monoisotopic (exact) mass is 155 g/mol. The summed E-state index contributed by atoms with van der Waals surface area (Å²) in [5.74, 6) is -1.08. The number of rotatable bonds is 4. The summed E-state index contributed by atoms with van der Waals surface area (Å²) in [6, 6.07) is 0. The second-order valence-electron chi connectivity index (χ2n) is 2.71. The molecule has 0 amide bonds. The molecule has 0 aromatic carbocycles. The highest BCUT2D eigenvalue weighted by Gasteiger charge is 2.20. The van der Waals surface area contributed by atoms with Gasteiger partial charge in [-0.1, -0.05) is 6.08 Å². The van der Waals surface area contributed by atoms with Crippen molar-refractivity contribution in [3.8, 4) is 0 Å². The summed E-state index contributed by atoms with van der Waals surface area (Å²) in [7, 11) is 0. The van der Waals surface area contributed by atoms with Crippen molar-refractivity contribution in [3.05, 3.63) is 11.6 Å². The lowest BCUT2D eigenvalue weighted by atomic mass is 10.2. The number of carbonyl (C=O) groups is 1. The standard InChI is InChI=1S/C8H12O3/c1-6(8(9)10)3-2-4-7-5-11-7/h3,7H,2,4-5H2,1H3,(H,9,10)/p-1/b6-3+. The van der Waals surface area contributed by atoms with Gasteiger partial charge in [-0.2, -0.15) is 0 Å². The summed E-state index contributed by atoms with van der Waals surface area (Å²) < 4.78 is 4.96. The summed E-state index contributed by atoms with van der Waals surface area (Å²) in [5, 5.41) is 10.2. The minimum Gasteiger partial charge on any atom is -0.545 e. The molecule has 0 bridgehead atoms. The maximum Gasteiger partial charge on any atom is 0.0812 e. The van der Waals surface area contributed by atoms with Crippen LogP contribution in [0.2, 0.25) is 0 Å². The van der Waals surface area contributed by atoms with E-state index in [-0.39, 0.29) is 0 Å². The summed E-state index contributed by atoms with van der Waals surface area (Å²) in [6.45, 7) is 2.38. The third-order valence-electron chi connectivity index (χ3n) is 1.66. The van der Waals surface area contributed by atoms with E-state index in [9.17, 15) is 9.90 Å². The zero-order valence-corrected chi connectivity index (χ0v) is 6.50. The fourth-order valence-electron chi connectivity index (χ4n) is 0.804. The van der Waals surface area contributed by atoms with E-state index in [4.69, 9.17) is 4.74 Å². The summed E-state index contributed by atoms with van der Waals surface area (Å²) in [6.07, 6.45) is 3.74. The molecule has 1 saturated heterocycles. The van der Waals surface area contributed by atoms with E-state index in [2.05, 4.69) is 0 Å². The first-order valence-corrected chi connectivity index (χ1v) is 3.70. The van der Waals surface area contributed by atoms with Crippen molar-refractivity contribution in [2.75, 3.05) is 6.61 Å². The maximum absolute atomic E-state index is 10.2. The van der Waals surface area contributed by atoms with Crippen molar-refractivity contribution < 1.29 is 14.6 Å². The Bertz CT molecular complexity index is 180. The second kappa shape index (κ2) is 3.53. The number of allylic oxidation sites excluding steroid dienone is 1. The topological polar surface area (TPSA) is 52.7 Å². The average molecular weight is 155 g/mol. The fraction of sp³-hybridized carbons (Fsp3) is 0.625. The number of hydrogen-bond acceptors (Lipinski definition) is 3. The van der Waals surface area contributed by atoms with E-state index in [1.165, 1.54) is 0 Å². The Hall–Kier alpha value is -0.830. The zero-order valence-electron chi connectivity index (χ0n) is 6.50. The zero-order chi connectivity index (χ0) is 8.27. The van der Waals surface area contributed by atoms with Gasteiger partial charge in [-0.05, 0) is 25.3 Å². The van der Waals surface area contributed by atoms with Crippen LogP contribution in [0.15, 0.2) is 11.6 Å². The van der Waals surface area contributed by atoms with Crippen molar-refractivity contribution >= 4 is 5.97 Å². The largest absolute Gasteiger partial charge is 0.545 e. The van der Waals surface area contributed by atoms with Crippen molar-refractivity contribution in [2.45, 2.75) is 25.9 Å². The van der Waals surface area contributed by atoms with E-state index >= 15 is 0 Å². The quantitative estimate of drug-likeness (QED) is 0.419. The normalized spacial score (nSPS) is 23.4. The number of aliphatic carboxylic acids is 1. The molecule has 0 aromatic heterocycles. The third kappa shape index (κ3) is 3.18. The van der Waals surface area contributed by atoms with Crippen LogP contribution in [0.5, 0.6) is 0 Å². The predicted molar refractivity (Wildman–Crippen MR) is 37.7 cm³/mol. The summed E-state index contributed by atoms with van der Waals surface area (Å²) in [4.78, 5) is 10.2. The number of carbonyl (C=O) groups excluding carboxylic acids is 1. The molecule has 1 unspecified atom stereocenters. The second-order valence-corrected chi connectivity index (χ2v) is 2.71. The number of ether oxygens (including phenoxy) is 1. The molecular formula is C8H11O3-. The van der Waals surface area contributed by atoms with Crippen LogP contribution in [0.3, 0.4) is 0 Å². The SMILES string of the molecule is C/C(=C\CCC1CO1)C(=O)[O-]. The fourth-order valence-corrected chi connectivity index (χ4v) is 0.804. The highest BCUT2D eigenvalue weighted by Crippen LogP contribution is 2.15. The third-order valence-corrected chi connectivity index (χ3v) is 1.66. The van der Waals surface area contributed by atoms with Crippen LogP contribution in [0, 0.1) is 0 Å². The molecule has 1 aliphatic heterocycles. The molecule has 11 heavy (non-hydrogen) atoms. The van der Waals surface area contributed by atoms with E-state index in [1.807, 2.05) is 0 Å². The number of hydrogen-bond donors (Lipinski definition) is 0. The summed E-state index contributed by atoms with van der Waals surface area (Å²) >= 11 is 0. The van der Waals surface area contributed by atoms with Crippen molar-refractivity contribution in [2.24, 2.45) is 0 Å². The molecule has 1 heterocycles. The van der Waals surface area contributed by atoms with Crippen LogP contribution in [0.1, 0.15) is 19.8 Å². The van der Waals surface area contributed by atoms with Crippen LogP contribution in [0.4, 0.5) is 0 Å². The number of carboxylic acid groups (broad SMARTS) is 1. The molecule has 1 aliphatic rings. The predicted octanol–water partition coefficient (Wildman–Crippen LogP) is -0.138.